The molecule has 1 aliphatic rings. The molecule has 116 valence electrons. The van der Waals surface area contributed by atoms with Crippen LogP contribution >= 0.6 is 0 Å². The van der Waals surface area contributed by atoms with Crippen molar-refractivity contribution in [2.75, 3.05) is 6.61 Å². The first-order valence-electron chi connectivity index (χ1n) is 7.41. The molecule has 1 saturated carbocycles. The number of nitrogens with zero attached hydrogens (tertiary/aromatic N) is 1. The molecule has 1 aliphatic carbocycles. The molecule has 0 aromatic rings. The van der Waals surface area contributed by atoms with Gasteiger partial charge < -0.3 is 21.0 Å². The number of amides is 1. The van der Waals surface area contributed by atoms with Crippen LogP contribution in [0.25, 0.3) is 0 Å². The lowest BCUT2D eigenvalue weighted by Gasteiger charge is -2.35. The molecule has 0 bridgehead atoms. The van der Waals surface area contributed by atoms with E-state index in [0.717, 1.165) is 25.7 Å². The molecular weight excluding hydrogens is 258 g/mol. The van der Waals surface area contributed by atoms with E-state index in [9.17, 15) is 4.79 Å². The number of hydrogen-bond donors (Lipinski definition) is 3. The maximum Gasteiger partial charge on any atom is 0.246 e. The third-order valence-corrected chi connectivity index (χ3v) is 3.73. The summed E-state index contributed by atoms with van der Waals surface area (Å²) in [4.78, 5) is 12.0. The number of nitrogens with two attached hydrogens (primary N) is 1. The summed E-state index contributed by atoms with van der Waals surface area (Å²) in [5, 5.41) is 15.1. The number of amidine groups is 1. The van der Waals surface area contributed by atoms with Gasteiger partial charge in [-0.15, -0.1) is 0 Å². The molecule has 0 aromatic heterocycles. The molecule has 20 heavy (non-hydrogen) atoms. The molecule has 0 radical (unpaired) electrons. The highest BCUT2D eigenvalue weighted by Crippen LogP contribution is 2.26. The maximum absolute atomic E-state index is 12.0. The number of nitrogens with one attached hydrogen (secondary N) is 1. The van der Waals surface area contributed by atoms with Crippen LogP contribution in [0.15, 0.2) is 5.16 Å². The Morgan fingerprint density at radius 1 is 1.30 bits per heavy atom. The minimum Gasteiger partial charge on any atom is -0.409 e. The van der Waals surface area contributed by atoms with Crippen molar-refractivity contribution < 1.29 is 14.7 Å². The molecular formula is C14H27N3O3. The van der Waals surface area contributed by atoms with Crippen LogP contribution in [0.1, 0.15) is 58.8 Å². The van der Waals surface area contributed by atoms with E-state index in [-0.39, 0.29) is 24.5 Å². The second kappa shape index (κ2) is 8.09. The van der Waals surface area contributed by atoms with Crippen molar-refractivity contribution in [1.29, 1.82) is 0 Å². The van der Waals surface area contributed by atoms with Crippen LogP contribution in [0, 0.1) is 0 Å². The van der Waals surface area contributed by atoms with Gasteiger partial charge in [0.05, 0.1) is 6.10 Å². The summed E-state index contributed by atoms with van der Waals surface area (Å²) in [5.74, 6) is -0.122. The second-order valence-corrected chi connectivity index (χ2v) is 5.74. The minimum absolute atomic E-state index is 0.00186. The van der Waals surface area contributed by atoms with Crippen LogP contribution in [-0.4, -0.2) is 35.2 Å². The molecule has 1 fully saturated rings. The van der Waals surface area contributed by atoms with Gasteiger partial charge in [-0.05, 0) is 26.7 Å². The van der Waals surface area contributed by atoms with Gasteiger partial charge in [0.25, 0.3) is 0 Å². The number of carbonyl (C=O) groups excluding carboxylic acids is 1. The van der Waals surface area contributed by atoms with Gasteiger partial charge in [-0.25, -0.2) is 0 Å². The lowest BCUT2D eigenvalue weighted by Crippen LogP contribution is -2.58. The van der Waals surface area contributed by atoms with Gasteiger partial charge in [-0.3, -0.25) is 4.79 Å². The summed E-state index contributed by atoms with van der Waals surface area (Å²) in [7, 11) is 0. The van der Waals surface area contributed by atoms with Crippen LogP contribution in [0.2, 0.25) is 0 Å². The van der Waals surface area contributed by atoms with Gasteiger partial charge >= 0.3 is 0 Å². The predicted octanol–water partition coefficient (Wildman–Crippen LogP) is 1.76. The third kappa shape index (κ3) is 5.00. The van der Waals surface area contributed by atoms with Gasteiger partial charge in [0.1, 0.15) is 12.1 Å². The first kappa shape index (κ1) is 16.8. The topological polar surface area (TPSA) is 96.9 Å². The van der Waals surface area contributed by atoms with E-state index in [0.29, 0.717) is 12.8 Å². The average molecular weight is 285 g/mol. The zero-order valence-corrected chi connectivity index (χ0v) is 12.5. The van der Waals surface area contributed by atoms with Gasteiger partial charge in [-0.1, -0.05) is 37.3 Å². The largest absolute Gasteiger partial charge is 0.409 e. The second-order valence-electron chi connectivity index (χ2n) is 5.74. The minimum atomic E-state index is -0.730. The molecule has 0 aliphatic heterocycles. The first-order valence-corrected chi connectivity index (χ1v) is 7.41. The Hall–Kier alpha value is -1.30. The molecule has 0 saturated heterocycles. The Balaban J connectivity index is 2.74. The fourth-order valence-electron chi connectivity index (χ4n) is 2.60. The van der Waals surface area contributed by atoms with Gasteiger partial charge in [0.15, 0.2) is 5.84 Å². The molecule has 0 spiro atoms. The molecule has 1 amide bonds. The molecule has 6 nitrogen and oxygen atoms in total. The fourth-order valence-corrected chi connectivity index (χ4v) is 2.60. The van der Waals surface area contributed by atoms with E-state index in [1.807, 2.05) is 13.8 Å². The number of rotatable bonds is 5. The van der Waals surface area contributed by atoms with Gasteiger partial charge in [0.2, 0.25) is 5.91 Å². The van der Waals surface area contributed by atoms with E-state index in [4.69, 9.17) is 15.7 Å². The summed E-state index contributed by atoms with van der Waals surface area (Å²) in [6, 6.07) is 0. The highest BCUT2D eigenvalue weighted by molar-refractivity contribution is 5.94. The van der Waals surface area contributed by atoms with E-state index >= 15 is 0 Å². The van der Waals surface area contributed by atoms with Crippen molar-refractivity contribution in [3.63, 3.8) is 0 Å². The monoisotopic (exact) mass is 285 g/mol. The molecule has 0 aromatic carbocycles. The SMILES string of the molecule is CC(C)OCC(=O)NC1(C(N)=NO)CCCCCCC1. The molecule has 0 heterocycles. The average Bonchev–Trinajstić information content (AvgIpc) is 2.38. The van der Waals surface area contributed by atoms with Crippen molar-refractivity contribution in [3.05, 3.63) is 0 Å². The molecule has 0 unspecified atom stereocenters. The fraction of sp³-hybridized carbons (Fsp3) is 0.857. The van der Waals surface area contributed by atoms with Crippen molar-refractivity contribution in [2.24, 2.45) is 10.9 Å². The highest BCUT2D eigenvalue weighted by Gasteiger charge is 2.36. The van der Waals surface area contributed by atoms with Gasteiger partial charge in [0, 0.05) is 0 Å². The highest BCUT2D eigenvalue weighted by atomic mass is 16.5. The number of hydrogen-bond acceptors (Lipinski definition) is 4. The maximum atomic E-state index is 12.0. The summed E-state index contributed by atoms with van der Waals surface area (Å²) in [5.41, 5.74) is 5.12. The summed E-state index contributed by atoms with van der Waals surface area (Å²) < 4.78 is 5.30. The zero-order valence-electron chi connectivity index (χ0n) is 12.5. The van der Waals surface area contributed by atoms with Crippen molar-refractivity contribution in [2.45, 2.75) is 70.4 Å². The number of ether oxygens (including phenoxy) is 1. The molecule has 6 heteroatoms. The Morgan fingerprint density at radius 3 is 2.35 bits per heavy atom. The van der Waals surface area contributed by atoms with Crippen LogP contribution in [-0.2, 0) is 9.53 Å². The standard InChI is InChI=1S/C14H27N3O3/c1-11(2)20-10-12(18)16-14(13(15)17-19)8-6-4-3-5-7-9-14/h11,19H,3-10H2,1-2H3,(H2,15,17)(H,16,18). The zero-order chi connectivity index (χ0) is 15.0. The number of oxime groups is 1. The molecule has 0 atom stereocenters. The van der Waals surface area contributed by atoms with E-state index in [1.165, 1.54) is 6.42 Å². The van der Waals surface area contributed by atoms with Crippen molar-refractivity contribution in [3.8, 4) is 0 Å². The summed E-state index contributed by atoms with van der Waals surface area (Å²) in [6.07, 6.45) is 6.75. The Morgan fingerprint density at radius 2 is 1.85 bits per heavy atom. The van der Waals surface area contributed by atoms with Crippen LogP contribution < -0.4 is 11.1 Å². The summed E-state index contributed by atoms with van der Waals surface area (Å²) in [6.45, 7) is 3.75. The Labute approximate surface area is 120 Å². The lowest BCUT2D eigenvalue weighted by molar-refractivity contribution is -0.128. The van der Waals surface area contributed by atoms with Gasteiger partial charge in [-0.2, -0.15) is 0 Å². The Bertz CT molecular complexity index is 335. The van der Waals surface area contributed by atoms with E-state index in [2.05, 4.69) is 10.5 Å². The van der Waals surface area contributed by atoms with E-state index in [1.54, 1.807) is 0 Å². The summed E-state index contributed by atoms with van der Waals surface area (Å²) >= 11 is 0. The van der Waals surface area contributed by atoms with Crippen molar-refractivity contribution >= 4 is 11.7 Å². The van der Waals surface area contributed by atoms with Crippen LogP contribution in [0.5, 0.6) is 0 Å². The molecule has 4 N–H and O–H groups in total. The third-order valence-electron chi connectivity index (χ3n) is 3.73. The van der Waals surface area contributed by atoms with Crippen LogP contribution in [0.3, 0.4) is 0 Å². The predicted molar refractivity (Wildman–Crippen MR) is 77.7 cm³/mol. The van der Waals surface area contributed by atoms with Crippen molar-refractivity contribution in [1.82, 2.24) is 5.32 Å². The van der Waals surface area contributed by atoms with Crippen LogP contribution in [0.4, 0.5) is 0 Å². The molecule has 1 rings (SSSR count). The normalized spacial score (nSPS) is 20.2. The first-order chi connectivity index (χ1) is 9.50. The lowest BCUT2D eigenvalue weighted by atomic mass is 9.83. The smallest absolute Gasteiger partial charge is 0.246 e. The number of carbonyl (C=O) groups is 1. The quantitative estimate of drug-likeness (QED) is 0.310. The Kier molecular flexibility index (Phi) is 6.78. The van der Waals surface area contributed by atoms with E-state index < -0.39 is 5.54 Å².